The predicted molar refractivity (Wildman–Crippen MR) is 89.8 cm³/mol. The molecule has 0 aromatic carbocycles. The van der Waals surface area contributed by atoms with Crippen LogP contribution in [0.3, 0.4) is 0 Å². The maximum absolute atomic E-state index is 12.9. The zero-order valence-corrected chi connectivity index (χ0v) is 14.3. The topological polar surface area (TPSA) is 75.6 Å². The van der Waals surface area contributed by atoms with Gasteiger partial charge >= 0.3 is 0 Å². The van der Waals surface area contributed by atoms with Crippen molar-refractivity contribution in [2.24, 2.45) is 5.92 Å². The van der Waals surface area contributed by atoms with Crippen molar-refractivity contribution in [3.63, 3.8) is 0 Å². The second-order valence-corrected chi connectivity index (χ2v) is 7.15. The number of hydrogen-bond donors (Lipinski definition) is 0. The van der Waals surface area contributed by atoms with E-state index in [-0.39, 0.29) is 29.8 Å². The first-order valence-corrected chi connectivity index (χ1v) is 9.19. The van der Waals surface area contributed by atoms with Crippen molar-refractivity contribution < 1.29 is 14.3 Å². The summed E-state index contributed by atoms with van der Waals surface area (Å²) in [5.41, 5.74) is 0.418. The third kappa shape index (κ3) is 3.51. The van der Waals surface area contributed by atoms with E-state index in [2.05, 4.69) is 14.9 Å². The molecule has 0 N–H and O–H groups in total. The molecule has 134 valence electrons. The first-order chi connectivity index (χ1) is 12.2. The summed E-state index contributed by atoms with van der Waals surface area (Å²) in [4.78, 5) is 37.4. The molecule has 2 amide bonds. The lowest BCUT2D eigenvalue weighted by Gasteiger charge is -2.38. The Labute approximate surface area is 147 Å². The highest BCUT2D eigenvalue weighted by Crippen LogP contribution is 2.35. The SMILES string of the molecule is O=C(c1ccncn1)N1CCC(N(C(=O)C2CC2)C2CCOCC2)C1. The standard InChI is InChI=1S/C18H24N4O3/c23-17(13-1-2-13)22(14-5-9-25-10-6-14)15-4-8-21(11-15)18(24)16-3-7-19-12-20-16/h3,7,12-15H,1-2,4-6,8-11H2. The minimum Gasteiger partial charge on any atom is -0.381 e. The Bertz CT molecular complexity index is 628. The van der Waals surface area contributed by atoms with Crippen molar-refractivity contribution in [1.29, 1.82) is 0 Å². The summed E-state index contributed by atoms with van der Waals surface area (Å²) in [5, 5.41) is 0. The fourth-order valence-corrected chi connectivity index (χ4v) is 3.89. The number of carbonyl (C=O) groups is 2. The van der Waals surface area contributed by atoms with Crippen LogP contribution in [0.2, 0.25) is 0 Å². The quantitative estimate of drug-likeness (QED) is 0.818. The average Bonchev–Trinajstić information content (AvgIpc) is 3.41. The van der Waals surface area contributed by atoms with Gasteiger partial charge in [-0.2, -0.15) is 0 Å². The van der Waals surface area contributed by atoms with Crippen molar-refractivity contribution in [3.8, 4) is 0 Å². The van der Waals surface area contributed by atoms with Crippen molar-refractivity contribution >= 4 is 11.8 Å². The number of carbonyl (C=O) groups excluding carboxylic acids is 2. The van der Waals surface area contributed by atoms with Crippen molar-refractivity contribution in [2.75, 3.05) is 26.3 Å². The maximum atomic E-state index is 12.9. The Hall–Kier alpha value is -2.02. The summed E-state index contributed by atoms with van der Waals surface area (Å²) >= 11 is 0. The van der Waals surface area contributed by atoms with Gasteiger partial charge in [0.1, 0.15) is 12.0 Å². The van der Waals surface area contributed by atoms with Crippen molar-refractivity contribution in [3.05, 3.63) is 24.3 Å². The van der Waals surface area contributed by atoms with Crippen LogP contribution >= 0.6 is 0 Å². The maximum Gasteiger partial charge on any atom is 0.272 e. The van der Waals surface area contributed by atoms with Crippen LogP contribution in [0.1, 0.15) is 42.6 Å². The number of aromatic nitrogens is 2. The third-order valence-corrected chi connectivity index (χ3v) is 5.41. The molecule has 4 rings (SSSR count). The minimum absolute atomic E-state index is 0.0734. The average molecular weight is 344 g/mol. The smallest absolute Gasteiger partial charge is 0.272 e. The molecule has 1 atom stereocenters. The summed E-state index contributed by atoms with van der Waals surface area (Å²) in [6.07, 6.45) is 7.63. The summed E-state index contributed by atoms with van der Waals surface area (Å²) in [5.74, 6) is 0.415. The number of likely N-dealkylation sites (tertiary alicyclic amines) is 1. The van der Waals surface area contributed by atoms with Crippen LogP contribution in [0, 0.1) is 5.92 Å². The van der Waals surface area contributed by atoms with E-state index in [9.17, 15) is 9.59 Å². The van der Waals surface area contributed by atoms with E-state index >= 15 is 0 Å². The fraction of sp³-hybridized carbons (Fsp3) is 0.667. The Morgan fingerprint density at radius 3 is 2.60 bits per heavy atom. The number of amides is 2. The summed E-state index contributed by atoms with van der Waals surface area (Å²) < 4.78 is 5.47. The molecule has 2 saturated heterocycles. The van der Waals surface area contributed by atoms with Crippen LogP contribution < -0.4 is 0 Å². The highest BCUT2D eigenvalue weighted by molar-refractivity contribution is 5.92. The third-order valence-electron chi connectivity index (χ3n) is 5.41. The van der Waals surface area contributed by atoms with Gasteiger partial charge in [0.25, 0.3) is 5.91 Å². The highest BCUT2D eigenvalue weighted by atomic mass is 16.5. The van der Waals surface area contributed by atoms with E-state index in [1.165, 1.54) is 6.33 Å². The monoisotopic (exact) mass is 344 g/mol. The van der Waals surface area contributed by atoms with E-state index in [1.54, 1.807) is 12.3 Å². The van der Waals surface area contributed by atoms with Gasteiger partial charge in [0.05, 0.1) is 6.04 Å². The largest absolute Gasteiger partial charge is 0.381 e. The zero-order valence-electron chi connectivity index (χ0n) is 14.3. The molecule has 25 heavy (non-hydrogen) atoms. The molecule has 2 aliphatic heterocycles. The molecule has 1 unspecified atom stereocenters. The number of ether oxygens (including phenoxy) is 1. The van der Waals surface area contributed by atoms with Crippen LogP contribution in [-0.4, -0.2) is 70.0 Å². The van der Waals surface area contributed by atoms with E-state index in [0.29, 0.717) is 18.8 Å². The van der Waals surface area contributed by atoms with Crippen LogP contribution in [-0.2, 0) is 9.53 Å². The number of rotatable bonds is 4. The highest BCUT2D eigenvalue weighted by Gasteiger charge is 2.42. The Morgan fingerprint density at radius 1 is 1.12 bits per heavy atom. The van der Waals surface area contributed by atoms with Gasteiger partial charge < -0.3 is 14.5 Å². The molecule has 3 aliphatic rings. The van der Waals surface area contributed by atoms with E-state index in [1.807, 2.05) is 4.90 Å². The molecule has 3 heterocycles. The molecule has 7 nitrogen and oxygen atoms in total. The predicted octanol–water partition coefficient (Wildman–Crippen LogP) is 1.11. The molecular formula is C18H24N4O3. The second-order valence-electron chi connectivity index (χ2n) is 7.15. The van der Waals surface area contributed by atoms with Gasteiger partial charge in [0, 0.05) is 44.5 Å². The summed E-state index contributed by atoms with van der Waals surface area (Å²) in [6.45, 7) is 2.70. The molecule has 1 aliphatic carbocycles. The lowest BCUT2D eigenvalue weighted by Crippen LogP contribution is -2.51. The lowest BCUT2D eigenvalue weighted by atomic mass is 10.0. The van der Waals surface area contributed by atoms with E-state index in [4.69, 9.17) is 4.74 Å². The summed E-state index contributed by atoms with van der Waals surface area (Å²) in [6, 6.07) is 2.00. The number of hydrogen-bond acceptors (Lipinski definition) is 5. The lowest BCUT2D eigenvalue weighted by molar-refractivity contribution is -0.139. The molecule has 7 heteroatoms. The molecule has 0 spiro atoms. The van der Waals surface area contributed by atoms with E-state index in [0.717, 1.165) is 45.3 Å². The van der Waals surface area contributed by atoms with Gasteiger partial charge in [0.15, 0.2) is 0 Å². The molecule has 0 radical (unpaired) electrons. The number of nitrogens with zero attached hydrogens (tertiary/aromatic N) is 4. The molecule has 1 saturated carbocycles. The first kappa shape index (κ1) is 16.4. The fourth-order valence-electron chi connectivity index (χ4n) is 3.89. The van der Waals surface area contributed by atoms with Gasteiger partial charge in [0.2, 0.25) is 5.91 Å². The molecule has 1 aromatic heterocycles. The normalized spacial score (nSPS) is 24.3. The van der Waals surface area contributed by atoms with Crippen molar-refractivity contribution in [1.82, 2.24) is 19.8 Å². The van der Waals surface area contributed by atoms with Crippen molar-refractivity contribution in [2.45, 2.75) is 44.2 Å². The van der Waals surface area contributed by atoms with Crippen LogP contribution in [0.4, 0.5) is 0 Å². The van der Waals surface area contributed by atoms with Gasteiger partial charge in [-0.15, -0.1) is 0 Å². The van der Waals surface area contributed by atoms with Gasteiger partial charge in [-0.3, -0.25) is 9.59 Å². The Kier molecular flexibility index (Phi) is 4.65. The Balaban J connectivity index is 1.47. The minimum atomic E-state index is -0.0734. The summed E-state index contributed by atoms with van der Waals surface area (Å²) in [7, 11) is 0. The van der Waals surface area contributed by atoms with Gasteiger partial charge in [-0.1, -0.05) is 0 Å². The van der Waals surface area contributed by atoms with Crippen LogP contribution in [0.5, 0.6) is 0 Å². The van der Waals surface area contributed by atoms with Crippen LogP contribution in [0.15, 0.2) is 18.6 Å². The molecular weight excluding hydrogens is 320 g/mol. The van der Waals surface area contributed by atoms with Gasteiger partial charge in [-0.05, 0) is 38.2 Å². The first-order valence-electron chi connectivity index (χ1n) is 9.19. The van der Waals surface area contributed by atoms with Gasteiger partial charge in [-0.25, -0.2) is 9.97 Å². The Morgan fingerprint density at radius 2 is 1.92 bits per heavy atom. The second kappa shape index (κ2) is 7.07. The molecule has 0 bridgehead atoms. The molecule has 1 aromatic rings. The zero-order chi connectivity index (χ0) is 17.2. The van der Waals surface area contributed by atoms with E-state index < -0.39 is 0 Å². The molecule has 3 fully saturated rings. The van der Waals surface area contributed by atoms with Crippen LogP contribution in [0.25, 0.3) is 0 Å².